The van der Waals surface area contributed by atoms with Crippen LogP contribution < -0.4 is 16.8 Å². The third kappa shape index (κ3) is 6.38. The van der Waals surface area contributed by atoms with Gasteiger partial charge in [-0.05, 0) is 32.9 Å². The van der Waals surface area contributed by atoms with Gasteiger partial charge in [-0.25, -0.2) is 4.79 Å². The van der Waals surface area contributed by atoms with Crippen molar-refractivity contribution in [1.82, 2.24) is 9.80 Å². The highest BCUT2D eigenvalue weighted by Crippen LogP contribution is 2.32. The summed E-state index contributed by atoms with van der Waals surface area (Å²) in [4.78, 5) is 39.7. The number of hydrogen-bond acceptors (Lipinski definition) is 6. The molecule has 0 unspecified atom stereocenters. The van der Waals surface area contributed by atoms with Crippen molar-refractivity contribution in [2.75, 3.05) is 37.2 Å². The number of nitrogens with one attached hydrogen (secondary N) is 1. The molecule has 3 amide bonds. The maximum atomic E-state index is 12.5. The molecule has 0 saturated carbocycles. The number of nitrogens with zero attached hydrogens (tertiary/aromatic N) is 2. The van der Waals surface area contributed by atoms with Crippen molar-refractivity contribution < 1.29 is 19.1 Å². The fourth-order valence-electron chi connectivity index (χ4n) is 2.85. The van der Waals surface area contributed by atoms with E-state index < -0.39 is 29.6 Å². The Hall–Kier alpha value is -2.23. The van der Waals surface area contributed by atoms with Gasteiger partial charge in [-0.15, -0.1) is 0 Å². The minimum atomic E-state index is -0.834. The van der Waals surface area contributed by atoms with Gasteiger partial charge in [-0.3, -0.25) is 14.5 Å². The first-order valence-electron chi connectivity index (χ1n) is 8.93. The number of amides is 3. The number of hydrogen-bond donors (Lipinski definition) is 3. The summed E-state index contributed by atoms with van der Waals surface area (Å²) in [5.74, 6) is -1.08. The Morgan fingerprint density at radius 1 is 1.21 bits per heavy atom. The predicted molar refractivity (Wildman–Crippen MR) is 112 cm³/mol. The van der Waals surface area contributed by atoms with Crippen molar-refractivity contribution in [2.45, 2.75) is 32.4 Å². The highest BCUT2D eigenvalue weighted by atomic mass is 35.5. The van der Waals surface area contributed by atoms with Crippen molar-refractivity contribution >= 4 is 52.5 Å². The summed E-state index contributed by atoms with van der Waals surface area (Å²) in [5.41, 5.74) is 11.1. The van der Waals surface area contributed by atoms with Crippen LogP contribution in [-0.4, -0.2) is 65.5 Å². The molecule has 1 heterocycles. The van der Waals surface area contributed by atoms with Crippen LogP contribution in [0, 0.1) is 0 Å². The Balaban J connectivity index is 2.04. The molecule has 1 aliphatic rings. The topological polar surface area (TPSA) is 131 Å². The molecule has 11 heteroatoms. The van der Waals surface area contributed by atoms with E-state index >= 15 is 0 Å². The van der Waals surface area contributed by atoms with Gasteiger partial charge in [-0.1, -0.05) is 23.2 Å². The van der Waals surface area contributed by atoms with Crippen LogP contribution in [0.1, 0.15) is 20.8 Å². The minimum absolute atomic E-state index is 0.0287. The number of piperazine rings is 1. The molecule has 0 aliphatic carbocycles. The minimum Gasteiger partial charge on any atom is -0.444 e. The molecule has 5 N–H and O–H groups in total. The molecule has 1 atom stereocenters. The average molecular weight is 446 g/mol. The third-order valence-electron chi connectivity index (χ3n) is 4.15. The van der Waals surface area contributed by atoms with Crippen molar-refractivity contribution in [1.29, 1.82) is 0 Å². The van der Waals surface area contributed by atoms with Crippen molar-refractivity contribution in [3.63, 3.8) is 0 Å². The molecule has 0 bridgehead atoms. The number of rotatable bonds is 4. The zero-order valence-electron chi connectivity index (χ0n) is 16.5. The van der Waals surface area contributed by atoms with Crippen molar-refractivity contribution in [2.24, 2.45) is 5.73 Å². The van der Waals surface area contributed by atoms with Crippen LogP contribution >= 0.6 is 23.2 Å². The predicted octanol–water partition coefficient (Wildman–Crippen LogP) is 1.92. The van der Waals surface area contributed by atoms with E-state index in [4.69, 9.17) is 39.4 Å². The summed E-state index contributed by atoms with van der Waals surface area (Å²) in [6.45, 7) is 5.71. The second kappa shape index (κ2) is 9.06. The van der Waals surface area contributed by atoms with E-state index in [1.807, 2.05) is 0 Å². The third-order valence-corrected chi connectivity index (χ3v) is 4.74. The average Bonchev–Trinajstić information content (AvgIpc) is 2.56. The Kier molecular flexibility index (Phi) is 7.20. The molecule has 2 rings (SSSR count). The molecule has 0 radical (unpaired) electrons. The maximum Gasteiger partial charge on any atom is 0.410 e. The van der Waals surface area contributed by atoms with E-state index in [-0.39, 0.29) is 41.9 Å². The fourth-order valence-corrected chi connectivity index (χ4v) is 3.45. The summed E-state index contributed by atoms with van der Waals surface area (Å²) in [6, 6.07) is 2.10. The Morgan fingerprint density at radius 3 is 2.31 bits per heavy atom. The van der Waals surface area contributed by atoms with E-state index in [0.29, 0.717) is 5.69 Å². The summed E-state index contributed by atoms with van der Waals surface area (Å²) in [7, 11) is 0. The zero-order chi connectivity index (χ0) is 21.9. The highest BCUT2D eigenvalue weighted by Gasteiger charge is 2.35. The van der Waals surface area contributed by atoms with Gasteiger partial charge in [0.25, 0.3) is 0 Å². The zero-order valence-corrected chi connectivity index (χ0v) is 18.0. The summed E-state index contributed by atoms with van der Waals surface area (Å²) < 4.78 is 5.33. The quantitative estimate of drug-likeness (QED) is 0.606. The number of ether oxygens (including phenoxy) is 1. The summed E-state index contributed by atoms with van der Waals surface area (Å²) in [5, 5.41) is 3.02. The maximum absolute atomic E-state index is 12.5. The second-order valence-electron chi connectivity index (χ2n) is 7.72. The van der Waals surface area contributed by atoms with Crippen LogP contribution in [0.15, 0.2) is 12.1 Å². The molecule has 0 spiro atoms. The number of carbonyl (C=O) groups excluding carboxylic acids is 3. The van der Waals surface area contributed by atoms with Gasteiger partial charge in [-0.2, -0.15) is 0 Å². The lowest BCUT2D eigenvalue weighted by Crippen LogP contribution is -2.60. The van der Waals surface area contributed by atoms with Gasteiger partial charge in [0.2, 0.25) is 11.8 Å². The lowest BCUT2D eigenvalue weighted by atomic mass is 10.1. The van der Waals surface area contributed by atoms with Gasteiger partial charge in [0.1, 0.15) is 11.6 Å². The molecule has 1 saturated heterocycles. The number of nitrogen functional groups attached to an aromatic ring is 1. The number of anilines is 2. The number of nitrogens with two attached hydrogens (primary N) is 2. The van der Waals surface area contributed by atoms with Crippen molar-refractivity contribution in [3.05, 3.63) is 22.2 Å². The van der Waals surface area contributed by atoms with E-state index in [1.165, 1.54) is 17.0 Å². The van der Waals surface area contributed by atoms with Gasteiger partial charge in [0, 0.05) is 25.3 Å². The number of carbonyl (C=O) groups is 3. The highest BCUT2D eigenvalue weighted by molar-refractivity contribution is 6.40. The summed E-state index contributed by atoms with van der Waals surface area (Å²) >= 11 is 12.2. The molecule has 160 valence electrons. The standard InChI is InChI=1S/C18H25Cl2N5O4/c1-18(2,3)29-17(28)25-5-4-24(13(8-25)16(22)27)9-14(26)23-15-11(19)6-10(21)7-12(15)20/h6-7,13H,4-5,8-9,21H2,1-3H3,(H2,22,27)(H,23,26)/t13-/m0/s1. The molecule has 1 fully saturated rings. The molecular formula is C18H25Cl2N5O4. The van der Waals surface area contributed by atoms with E-state index in [0.717, 1.165) is 0 Å². The lowest BCUT2D eigenvalue weighted by Gasteiger charge is -2.39. The number of primary amides is 1. The SMILES string of the molecule is CC(C)(C)OC(=O)N1CCN(CC(=O)Nc2c(Cl)cc(N)cc2Cl)[C@H](C(N)=O)C1. The van der Waals surface area contributed by atoms with E-state index in [2.05, 4.69) is 5.32 Å². The second-order valence-corrected chi connectivity index (χ2v) is 8.54. The van der Waals surface area contributed by atoms with Crippen LogP contribution in [0.5, 0.6) is 0 Å². The molecule has 1 aromatic carbocycles. The molecular weight excluding hydrogens is 421 g/mol. The van der Waals surface area contributed by atoms with Crippen LogP contribution in [0.3, 0.4) is 0 Å². The van der Waals surface area contributed by atoms with Crippen molar-refractivity contribution in [3.8, 4) is 0 Å². The Bertz CT molecular complexity index is 789. The van der Waals surface area contributed by atoms with Crippen LogP contribution in [-0.2, 0) is 14.3 Å². The number of halogens is 2. The normalized spacial score (nSPS) is 17.7. The smallest absolute Gasteiger partial charge is 0.410 e. The Morgan fingerprint density at radius 2 is 1.79 bits per heavy atom. The van der Waals surface area contributed by atoms with E-state index in [9.17, 15) is 14.4 Å². The van der Waals surface area contributed by atoms with Gasteiger partial charge < -0.3 is 26.4 Å². The molecule has 1 aromatic rings. The van der Waals surface area contributed by atoms with Gasteiger partial charge >= 0.3 is 6.09 Å². The fraction of sp³-hybridized carbons (Fsp3) is 0.500. The first-order chi connectivity index (χ1) is 13.4. The first kappa shape index (κ1) is 23.1. The first-order valence-corrected chi connectivity index (χ1v) is 9.68. The lowest BCUT2D eigenvalue weighted by molar-refractivity contribution is -0.127. The van der Waals surface area contributed by atoms with Crippen LogP contribution in [0.2, 0.25) is 10.0 Å². The van der Waals surface area contributed by atoms with Crippen LogP contribution in [0.25, 0.3) is 0 Å². The molecule has 1 aliphatic heterocycles. The van der Waals surface area contributed by atoms with Gasteiger partial charge in [0.15, 0.2) is 0 Å². The monoisotopic (exact) mass is 445 g/mol. The largest absolute Gasteiger partial charge is 0.444 e. The molecule has 9 nitrogen and oxygen atoms in total. The summed E-state index contributed by atoms with van der Waals surface area (Å²) in [6.07, 6.45) is -0.534. The van der Waals surface area contributed by atoms with E-state index in [1.54, 1.807) is 25.7 Å². The number of benzene rings is 1. The molecule has 0 aromatic heterocycles. The van der Waals surface area contributed by atoms with Crippen LogP contribution in [0.4, 0.5) is 16.2 Å². The van der Waals surface area contributed by atoms with Gasteiger partial charge in [0.05, 0.1) is 22.3 Å². The molecule has 29 heavy (non-hydrogen) atoms. The Labute approximate surface area is 179 Å².